The van der Waals surface area contributed by atoms with Crippen molar-refractivity contribution in [3.05, 3.63) is 33.4 Å². The van der Waals surface area contributed by atoms with E-state index in [1.807, 2.05) is 18.2 Å². The van der Waals surface area contributed by atoms with Gasteiger partial charge in [-0.2, -0.15) is 0 Å². The Kier molecular flexibility index (Phi) is 6.22. The van der Waals surface area contributed by atoms with Gasteiger partial charge in [-0.3, -0.25) is 0 Å². The van der Waals surface area contributed by atoms with Crippen LogP contribution in [0, 0.1) is 3.57 Å². The molecular formula is C11H15IO4. The predicted octanol–water partition coefficient (Wildman–Crippen LogP) is 1.31. The molecule has 0 amide bonds. The number of aliphatic hydroxyl groups excluding tert-OH is 2. The lowest BCUT2D eigenvalue weighted by Crippen LogP contribution is -2.25. The molecule has 2 atom stereocenters. The van der Waals surface area contributed by atoms with Gasteiger partial charge in [0.15, 0.2) is 0 Å². The van der Waals surface area contributed by atoms with Gasteiger partial charge in [0, 0.05) is 10.7 Å². The van der Waals surface area contributed by atoms with Crippen molar-refractivity contribution in [2.24, 2.45) is 0 Å². The summed E-state index contributed by atoms with van der Waals surface area (Å²) in [6, 6.07) is 7.36. The number of aliphatic hydroxyl groups is 2. The molecule has 0 bridgehead atoms. The zero-order valence-corrected chi connectivity index (χ0v) is 11.1. The largest absolute Gasteiger partial charge is 0.388 e. The fraction of sp³-hybridized carbons (Fsp3) is 0.455. The SMILES string of the molecule is COCOC[C@H](O)[C@@H](O)c1ccccc1I. The van der Waals surface area contributed by atoms with E-state index in [0.717, 1.165) is 3.57 Å². The highest BCUT2D eigenvalue weighted by Crippen LogP contribution is 2.22. The normalized spacial score (nSPS) is 14.8. The molecule has 0 saturated heterocycles. The summed E-state index contributed by atoms with van der Waals surface area (Å²) in [7, 11) is 1.50. The maximum absolute atomic E-state index is 9.89. The topological polar surface area (TPSA) is 58.9 Å². The Morgan fingerprint density at radius 2 is 2.00 bits per heavy atom. The molecule has 1 rings (SSSR count). The van der Waals surface area contributed by atoms with Crippen LogP contribution in [0.4, 0.5) is 0 Å². The monoisotopic (exact) mass is 338 g/mol. The molecule has 5 heteroatoms. The minimum absolute atomic E-state index is 0.0416. The molecule has 90 valence electrons. The lowest BCUT2D eigenvalue weighted by Gasteiger charge is -2.19. The van der Waals surface area contributed by atoms with Gasteiger partial charge in [-0.15, -0.1) is 0 Å². The Labute approximate surface area is 108 Å². The number of benzene rings is 1. The van der Waals surface area contributed by atoms with Gasteiger partial charge in [-0.25, -0.2) is 0 Å². The Morgan fingerprint density at radius 1 is 1.31 bits per heavy atom. The van der Waals surface area contributed by atoms with Crippen LogP contribution in [0.5, 0.6) is 0 Å². The molecule has 4 nitrogen and oxygen atoms in total. The molecule has 0 saturated carbocycles. The lowest BCUT2D eigenvalue weighted by atomic mass is 10.1. The quantitative estimate of drug-likeness (QED) is 0.467. The lowest BCUT2D eigenvalue weighted by molar-refractivity contribution is -0.0901. The highest BCUT2D eigenvalue weighted by Gasteiger charge is 2.20. The Morgan fingerprint density at radius 3 is 2.62 bits per heavy atom. The van der Waals surface area contributed by atoms with Crippen molar-refractivity contribution < 1.29 is 19.7 Å². The average molecular weight is 338 g/mol. The molecule has 0 aliphatic carbocycles. The minimum atomic E-state index is -0.953. The van der Waals surface area contributed by atoms with Crippen LogP contribution in [-0.4, -0.2) is 36.8 Å². The summed E-state index contributed by atoms with van der Waals surface area (Å²) in [5.74, 6) is 0. The van der Waals surface area contributed by atoms with Crippen molar-refractivity contribution >= 4 is 22.6 Å². The van der Waals surface area contributed by atoms with E-state index in [1.54, 1.807) is 6.07 Å². The predicted molar refractivity (Wildman–Crippen MR) is 68.0 cm³/mol. The summed E-state index contributed by atoms with van der Waals surface area (Å²) >= 11 is 2.12. The van der Waals surface area contributed by atoms with Crippen LogP contribution in [0.3, 0.4) is 0 Å². The number of ether oxygens (including phenoxy) is 2. The van der Waals surface area contributed by atoms with Crippen molar-refractivity contribution in [1.82, 2.24) is 0 Å². The second-order valence-electron chi connectivity index (χ2n) is 3.31. The minimum Gasteiger partial charge on any atom is -0.388 e. The van der Waals surface area contributed by atoms with Crippen LogP contribution in [0.15, 0.2) is 24.3 Å². The average Bonchev–Trinajstić information content (AvgIpc) is 2.29. The third-order valence-corrected chi connectivity index (χ3v) is 3.06. The van der Waals surface area contributed by atoms with Crippen molar-refractivity contribution in [3.63, 3.8) is 0 Å². The maximum atomic E-state index is 9.89. The first-order chi connectivity index (χ1) is 7.66. The van der Waals surface area contributed by atoms with Gasteiger partial charge in [0.25, 0.3) is 0 Å². The van der Waals surface area contributed by atoms with E-state index in [9.17, 15) is 10.2 Å². The molecule has 0 unspecified atom stereocenters. The van der Waals surface area contributed by atoms with Crippen molar-refractivity contribution in [2.75, 3.05) is 20.5 Å². The molecule has 0 spiro atoms. The zero-order chi connectivity index (χ0) is 12.0. The van der Waals surface area contributed by atoms with Gasteiger partial charge >= 0.3 is 0 Å². The molecule has 16 heavy (non-hydrogen) atoms. The molecule has 1 aromatic rings. The van der Waals surface area contributed by atoms with E-state index < -0.39 is 12.2 Å². The fourth-order valence-corrected chi connectivity index (χ4v) is 1.97. The first-order valence-corrected chi connectivity index (χ1v) is 5.92. The van der Waals surface area contributed by atoms with E-state index >= 15 is 0 Å². The molecule has 0 fully saturated rings. The number of hydrogen-bond acceptors (Lipinski definition) is 4. The van der Waals surface area contributed by atoms with E-state index in [-0.39, 0.29) is 13.4 Å². The van der Waals surface area contributed by atoms with E-state index in [4.69, 9.17) is 4.74 Å². The van der Waals surface area contributed by atoms with Crippen molar-refractivity contribution in [3.8, 4) is 0 Å². The molecule has 1 aromatic carbocycles. The van der Waals surface area contributed by atoms with Crippen LogP contribution in [-0.2, 0) is 9.47 Å². The van der Waals surface area contributed by atoms with Gasteiger partial charge in [0.2, 0.25) is 0 Å². The summed E-state index contributed by atoms with van der Waals surface area (Å²) in [6.07, 6.45) is -1.89. The Hall–Kier alpha value is -0.210. The summed E-state index contributed by atoms with van der Waals surface area (Å²) in [5, 5.41) is 19.6. The van der Waals surface area contributed by atoms with Crippen LogP contribution in [0.1, 0.15) is 11.7 Å². The van der Waals surface area contributed by atoms with Gasteiger partial charge in [0.05, 0.1) is 6.61 Å². The number of rotatable bonds is 6. The summed E-state index contributed by atoms with van der Waals surface area (Å²) in [6.45, 7) is 0.148. The third-order valence-electron chi connectivity index (χ3n) is 2.08. The molecule has 2 N–H and O–H groups in total. The van der Waals surface area contributed by atoms with Crippen molar-refractivity contribution in [1.29, 1.82) is 0 Å². The number of hydrogen-bond donors (Lipinski definition) is 2. The van der Waals surface area contributed by atoms with Crippen LogP contribution < -0.4 is 0 Å². The van der Waals surface area contributed by atoms with Gasteiger partial charge in [-0.05, 0) is 34.2 Å². The maximum Gasteiger partial charge on any atom is 0.146 e. The van der Waals surface area contributed by atoms with E-state index in [1.165, 1.54) is 7.11 Å². The highest BCUT2D eigenvalue weighted by molar-refractivity contribution is 14.1. The van der Waals surface area contributed by atoms with Crippen LogP contribution in [0.2, 0.25) is 0 Å². The number of halogens is 1. The number of methoxy groups -OCH3 is 1. The molecule has 0 aromatic heterocycles. The smallest absolute Gasteiger partial charge is 0.146 e. The first-order valence-electron chi connectivity index (χ1n) is 4.84. The van der Waals surface area contributed by atoms with Crippen LogP contribution >= 0.6 is 22.6 Å². The van der Waals surface area contributed by atoms with Crippen LogP contribution in [0.25, 0.3) is 0 Å². The summed E-state index contributed by atoms with van der Waals surface area (Å²) < 4.78 is 10.6. The Bertz CT molecular complexity index is 319. The molecule has 0 aliphatic rings. The molecular weight excluding hydrogens is 323 g/mol. The second-order valence-corrected chi connectivity index (χ2v) is 4.47. The van der Waals surface area contributed by atoms with Gasteiger partial charge in [0.1, 0.15) is 19.0 Å². The first kappa shape index (κ1) is 13.9. The van der Waals surface area contributed by atoms with Crippen molar-refractivity contribution in [2.45, 2.75) is 12.2 Å². The zero-order valence-electron chi connectivity index (χ0n) is 8.97. The van der Waals surface area contributed by atoms with E-state index in [0.29, 0.717) is 5.56 Å². The summed E-state index contributed by atoms with van der Waals surface area (Å²) in [4.78, 5) is 0. The fourth-order valence-electron chi connectivity index (χ4n) is 1.27. The molecule has 0 radical (unpaired) electrons. The summed E-state index contributed by atoms with van der Waals surface area (Å²) in [5.41, 5.74) is 0.705. The molecule has 0 aliphatic heterocycles. The third kappa shape index (κ3) is 3.99. The van der Waals surface area contributed by atoms with E-state index in [2.05, 4.69) is 27.3 Å². The standard InChI is InChI=1S/C11H15IO4/c1-15-7-16-6-10(13)11(14)8-4-2-3-5-9(8)12/h2-5,10-11,13-14H,6-7H2,1H3/t10-,11-/m0/s1. The molecule has 0 heterocycles. The van der Waals surface area contributed by atoms with Gasteiger partial charge in [-0.1, -0.05) is 18.2 Å². The van der Waals surface area contributed by atoms with Gasteiger partial charge < -0.3 is 19.7 Å². The second kappa shape index (κ2) is 7.18. The Balaban J connectivity index is 2.56. The highest BCUT2D eigenvalue weighted by atomic mass is 127.